The van der Waals surface area contributed by atoms with Crippen LogP contribution in [0.5, 0.6) is 0 Å². The number of carbonyl (C=O) groups excluding carboxylic acids is 4. The van der Waals surface area contributed by atoms with E-state index in [1.807, 2.05) is 30.3 Å². The van der Waals surface area contributed by atoms with Gasteiger partial charge in [0.1, 0.15) is 6.61 Å². The molecule has 1 aliphatic rings. The Labute approximate surface area is 247 Å². The van der Waals surface area contributed by atoms with Crippen LogP contribution in [0.1, 0.15) is 38.7 Å². The first kappa shape index (κ1) is 31.1. The summed E-state index contributed by atoms with van der Waals surface area (Å²) in [7, 11) is 0. The number of hydrogen-bond donors (Lipinski definition) is 1. The van der Waals surface area contributed by atoms with E-state index in [0.29, 0.717) is 16.7 Å². The van der Waals surface area contributed by atoms with Crippen molar-refractivity contribution in [3.8, 4) is 22.8 Å². The van der Waals surface area contributed by atoms with Crippen molar-refractivity contribution in [2.24, 2.45) is 0 Å². The SMILES string of the molecule is CC(C)(COCCC(=O)ON1C(=O)CCC1=O)OCCNC(=O)OCc1ccc(-c2nnc(-c3ccccc3)nn2)cc1. The second-order valence-corrected chi connectivity index (χ2v) is 10.1. The zero-order valence-corrected chi connectivity index (χ0v) is 23.9. The summed E-state index contributed by atoms with van der Waals surface area (Å²) in [6, 6.07) is 16.6. The Morgan fingerprint density at radius 1 is 0.860 bits per heavy atom. The molecule has 0 aliphatic carbocycles. The number of nitrogens with zero attached hydrogens (tertiary/aromatic N) is 5. The van der Waals surface area contributed by atoms with Crippen molar-refractivity contribution in [2.45, 2.75) is 45.3 Å². The average Bonchev–Trinajstić information content (AvgIpc) is 3.33. The fourth-order valence-corrected chi connectivity index (χ4v) is 3.80. The molecule has 3 aromatic rings. The van der Waals surface area contributed by atoms with Crippen LogP contribution in [0.15, 0.2) is 54.6 Å². The molecule has 1 aromatic heterocycles. The molecule has 0 bridgehead atoms. The molecule has 0 unspecified atom stereocenters. The fraction of sp³-hybridized carbons (Fsp3) is 0.379. The van der Waals surface area contributed by atoms with E-state index in [0.717, 1.165) is 16.7 Å². The summed E-state index contributed by atoms with van der Waals surface area (Å²) in [5, 5.41) is 19.7. The second kappa shape index (κ2) is 14.9. The van der Waals surface area contributed by atoms with Crippen LogP contribution in [0.2, 0.25) is 0 Å². The fourth-order valence-electron chi connectivity index (χ4n) is 3.80. The number of hydroxylamine groups is 2. The monoisotopic (exact) mass is 592 g/mol. The lowest BCUT2D eigenvalue weighted by Gasteiger charge is -2.25. The van der Waals surface area contributed by atoms with Crippen molar-refractivity contribution < 1.29 is 38.2 Å². The quantitative estimate of drug-likeness (QED) is 0.215. The number of rotatable bonds is 14. The molecule has 0 saturated carbocycles. The zero-order chi connectivity index (χ0) is 30.7. The molecule has 1 aliphatic heterocycles. The molecular formula is C29H32N6O8. The summed E-state index contributed by atoms with van der Waals surface area (Å²) < 4.78 is 16.5. The van der Waals surface area contributed by atoms with Crippen LogP contribution in [0.4, 0.5) is 4.79 Å². The van der Waals surface area contributed by atoms with Crippen LogP contribution in [0.3, 0.4) is 0 Å². The molecule has 2 aromatic carbocycles. The molecule has 4 rings (SSSR count). The third-order valence-electron chi connectivity index (χ3n) is 6.06. The van der Waals surface area contributed by atoms with Crippen molar-refractivity contribution in [3.63, 3.8) is 0 Å². The van der Waals surface area contributed by atoms with E-state index in [9.17, 15) is 19.2 Å². The third kappa shape index (κ3) is 9.61. The van der Waals surface area contributed by atoms with E-state index in [1.54, 1.807) is 38.1 Å². The summed E-state index contributed by atoms with van der Waals surface area (Å²) in [5.41, 5.74) is 1.63. The smallest absolute Gasteiger partial charge is 0.407 e. The molecule has 3 amide bonds. The zero-order valence-electron chi connectivity index (χ0n) is 23.9. The van der Waals surface area contributed by atoms with Crippen LogP contribution in [0.25, 0.3) is 22.8 Å². The highest BCUT2D eigenvalue weighted by atomic mass is 16.7. The second-order valence-electron chi connectivity index (χ2n) is 10.1. The number of nitrogens with one attached hydrogen (secondary N) is 1. The van der Waals surface area contributed by atoms with E-state index < -0.39 is 29.5 Å². The van der Waals surface area contributed by atoms with Gasteiger partial charge in [0.05, 0.1) is 31.8 Å². The van der Waals surface area contributed by atoms with Crippen LogP contribution in [0, 0.1) is 0 Å². The molecule has 14 nitrogen and oxygen atoms in total. The van der Waals surface area contributed by atoms with E-state index in [-0.39, 0.29) is 52.2 Å². The maximum atomic E-state index is 12.1. The summed E-state index contributed by atoms with van der Waals surface area (Å²) in [4.78, 5) is 51.6. The molecule has 1 N–H and O–H groups in total. The molecule has 43 heavy (non-hydrogen) atoms. The van der Waals surface area contributed by atoms with E-state index in [4.69, 9.17) is 19.0 Å². The lowest BCUT2D eigenvalue weighted by Crippen LogP contribution is -2.36. The lowest BCUT2D eigenvalue weighted by atomic mass is 10.1. The van der Waals surface area contributed by atoms with Gasteiger partial charge in [-0.1, -0.05) is 54.6 Å². The topological polar surface area (TPSA) is 172 Å². The normalized spacial score (nSPS) is 13.2. The van der Waals surface area contributed by atoms with Crippen molar-refractivity contribution in [2.75, 3.05) is 26.4 Å². The summed E-state index contributed by atoms with van der Waals surface area (Å²) in [5.74, 6) is -0.982. The van der Waals surface area contributed by atoms with E-state index in [2.05, 4.69) is 25.7 Å². The van der Waals surface area contributed by atoms with Gasteiger partial charge in [-0.05, 0) is 19.4 Å². The molecule has 226 valence electrons. The van der Waals surface area contributed by atoms with Crippen LogP contribution in [-0.4, -0.2) is 81.3 Å². The number of hydrogen-bond acceptors (Lipinski definition) is 12. The predicted molar refractivity (Wildman–Crippen MR) is 149 cm³/mol. The van der Waals surface area contributed by atoms with Crippen LogP contribution in [-0.2, 0) is 40.0 Å². The standard InChI is InChI=1S/C29H32N6O8/c1-29(2,19-40-16-14-25(38)43-35-23(36)12-13-24(35)37)42-17-15-30-28(39)41-18-20-8-10-22(11-9-20)27-33-31-26(32-34-27)21-6-4-3-5-7-21/h3-11H,12-19H2,1-2H3,(H,30,39). The van der Waals surface area contributed by atoms with Crippen molar-refractivity contribution in [1.29, 1.82) is 0 Å². The summed E-state index contributed by atoms with van der Waals surface area (Å²) in [6.45, 7) is 4.26. The summed E-state index contributed by atoms with van der Waals surface area (Å²) in [6.07, 6.45) is -0.655. The van der Waals surface area contributed by atoms with Crippen molar-refractivity contribution in [1.82, 2.24) is 30.8 Å². The Morgan fingerprint density at radius 3 is 2.09 bits per heavy atom. The van der Waals surface area contributed by atoms with Gasteiger partial charge in [0.25, 0.3) is 11.8 Å². The maximum absolute atomic E-state index is 12.1. The predicted octanol–water partition coefficient (Wildman–Crippen LogP) is 2.64. The third-order valence-corrected chi connectivity index (χ3v) is 6.06. The highest BCUT2D eigenvalue weighted by Gasteiger charge is 2.32. The van der Waals surface area contributed by atoms with Crippen LogP contribution < -0.4 is 5.32 Å². The van der Waals surface area contributed by atoms with Gasteiger partial charge >= 0.3 is 12.1 Å². The molecular weight excluding hydrogens is 560 g/mol. The van der Waals surface area contributed by atoms with Crippen molar-refractivity contribution >= 4 is 23.9 Å². The Hall–Kier alpha value is -4.82. The maximum Gasteiger partial charge on any atom is 0.407 e. The van der Waals surface area contributed by atoms with Gasteiger partial charge in [-0.15, -0.1) is 25.5 Å². The number of carbonyl (C=O) groups is 4. The molecule has 1 saturated heterocycles. The number of benzene rings is 2. The van der Waals surface area contributed by atoms with Gasteiger partial charge < -0.3 is 24.4 Å². The lowest BCUT2D eigenvalue weighted by molar-refractivity contribution is -0.198. The van der Waals surface area contributed by atoms with Gasteiger partial charge in [0, 0.05) is 30.5 Å². The Balaban J connectivity index is 1.08. The van der Waals surface area contributed by atoms with Crippen LogP contribution >= 0.6 is 0 Å². The largest absolute Gasteiger partial charge is 0.445 e. The minimum absolute atomic E-state index is 0.0226. The van der Waals surface area contributed by atoms with Gasteiger partial charge in [0.15, 0.2) is 0 Å². The Kier molecular flexibility index (Phi) is 10.8. The summed E-state index contributed by atoms with van der Waals surface area (Å²) >= 11 is 0. The molecule has 0 spiro atoms. The number of imide groups is 1. The number of amides is 3. The van der Waals surface area contributed by atoms with Gasteiger partial charge in [-0.2, -0.15) is 0 Å². The highest BCUT2D eigenvalue weighted by Crippen LogP contribution is 2.17. The first-order valence-electron chi connectivity index (χ1n) is 13.6. The minimum Gasteiger partial charge on any atom is -0.445 e. The molecule has 0 atom stereocenters. The molecule has 2 heterocycles. The first-order valence-corrected chi connectivity index (χ1v) is 13.6. The molecule has 1 fully saturated rings. The van der Waals surface area contributed by atoms with E-state index >= 15 is 0 Å². The Bertz CT molecular complexity index is 1380. The number of aromatic nitrogens is 4. The van der Waals surface area contributed by atoms with Gasteiger partial charge in [-0.25, -0.2) is 9.59 Å². The Morgan fingerprint density at radius 2 is 1.47 bits per heavy atom. The number of alkyl carbamates (subject to hydrolysis) is 1. The number of ether oxygens (including phenoxy) is 3. The molecule has 0 radical (unpaired) electrons. The van der Waals surface area contributed by atoms with Crippen molar-refractivity contribution in [3.05, 3.63) is 60.2 Å². The van der Waals surface area contributed by atoms with Gasteiger partial charge in [-0.3, -0.25) is 9.59 Å². The van der Waals surface area contributed by atoms with Gasteiger partial charge in [0.2, 0.25) is 11.6 Å². The van der Waals surface area contributed by atoms with E-state index in [1.165, 1.54) is 0 Å². The minimum atomic E-state index is -0.738. The highest BCUT2D eigenvalue weighted by molar-refractivity contribution is 6.01. The molecule has 14 heteroatoms. The first-order chi connectivity index (χ1) is 20.7. The average molecular weight is 593 g/mol.